The molecule has 0 amide bonds. The van der Waals surface area contributed by atoms with Crippen LogP contribution in [-0.4, -0.2) is 19.6 Å². The predicted molar refractivity (Wildman–Crippen MR) is 79.6 cm³/mol. The Kier molecular flexibility index (Phi) is 2.36. The number of fused-ring (bicyclic) bond motifs is 2. The van der Waals surface area contributed by atoms with Crippen LogP contribution >= 0.6 is 0 Å². The highest BCUT2D eigenvalue weighted by Crippen LogP contribution is 2.19. The summed E-state index contributed by atoms with van der Waals surface area (Å²) in [7, 11) is 0. The molecule has 4 rings (SSSR count). The summed E-state index contributed by atoms with van der Waals surface area (Å²) in [6.45, 7) is 2.67. The van der Waals surface area contributed by atoms with E-state index in [2.05, 4.69) is 34.5 Å². The fraction of sp³-hybridized carbons (Fsp3) is 0.125. The Hall–Kier alpha value is -2.62. The summed E-state index contributed by atoms with van der Waals surface area (Å²) < 4.78 is 3.98. The summed E-state index contributed by atoms with van der Waals surface area (Å²) in [5, 5.41) is 11.4. The second-order valence-electron chi connectivity index (χ2n) is 4.95. The molecule has 4 nitrogen and oxygen atoms in total. The van der Waals surface area contributed by atoms with Crippen molar-refractivity contribution < 1.29 is 0 Å². The molecule has 0 radical (unpaired) electrons. The Morgan fingerprint density at radius 2 is 1.65 bits per heavy atom. The lowest BCUT2D eigenvalue weighted by atomic mass is 10.2. The van der Waals surface area contributed by atoms with Crippen LogP contribution in [-0.2, 0) is 6.67 Å². The standard InChI is InChI=1S/C16H14N4/c1-12-14-7-3-5-9-16(14)20(18-12)11-19-15-8-4-2-6-13(15)10-17-19/h2-10H,11H2,1H3. The number of hydrogen-bond acceptors (Lipinski definition) is 2. The lowest BCUT2D eigenvalue weighted by molar-refractivity contribution is 0.527. The van der Waals surface area contributed by atoms with E-state index in [4.69, 9.17) is 0 Å². The average Bonchev–Trinajstić information content (AvgIpc) is 3.03. The summed E-state index contributed by atoms with van der Waals surface area (Å²) in [5.74, 6) is 0. The first-order valence-corrected chi connectivity index (χ1v) is 6.65. The monoisotopic (exact) mass is 262 g/mol. The van der Waals surface area contributed by atoms with Gasteiger partial charge in [0.1, 0.15) is 6.67 Å². The van der Waals surface area contributed by atoms with Crippen LogP contribution in [0.15, 0.2) is 54.7 Å². The van der Waals surface area contributed by atoms with E-state index in [0.29, 0.717) is 6.67 Å². The van der Waals surface area contributed by atoms with E-state index >= 15 is 0 Å². The maximum Gasteiger partial charge on any atom is 0.134 e. The van der Waals surface area contributed by atoms with Gasteiger partial charge in [0.25, 0.3) is 0 Å². The third-order valence-electron chi connectivity index (χ3n) is 3.66. The number of aromatic nitrogens is 4. The molecule has 0 aliphatic heterocycles. The third-order valence-corrected chi connectivity index (χ3v) is 3.66. The van der Waals surface area contributed by atoms with Gasteiger partial charge in [0.15, 0.2) is 0 Å². The zero-order valence-electron chi connectivity index (χ0n) is 11.2. The Morgan fingerprint density at radius 3 is 2.55 bits per heavy atom. The number of rotatable bonds is 2. The molecule has 0 spiro atoms. The van der Waals surface area contributed by atoms with Crippen molar-refractivity contribution in [3.8, 4) is 0 Å². The van der Waals surface area contributed by atoms with Crippen LogP contribution in [0.3, 0.4) is 0 Å². The molecule has 0 saturated carbocycles. The first-order chi connectivity index (χ1) is 9.83. The van der Waals surface area contributed by atoms with Crippen LogP contribution in [0.5, 0.6) is 0 Å². The molecule has 0 atom stereocenters. The molecule has 0 aliphatic carbocycles. The minimum absolute atomic E-state index is 0.627. The van der Waals surface area contributed by atoms with Crippen molar-refractivity contribution in [3.63, 3.8) is 0 Å². The lowest BCUT2D eigenvalue weighted by Gasteiger charge is -2.05. The SMILES string of the molecule is Cc1nn(Cn2ncc3ccccc32)c2ccccc12. The number of benzene rings is 2. The van der Waals surface area contributed by atoms with E-state index in [1.807, 2.05) is 46.7 Å². The molecule has 4 aromatic rings. The van der Waals surface area contributed by atoms with E-state index < -0.39 is 0 Å². The summed E-state index contributed by atoms with van der Waals surface area (Å²) in [5.41, 5.74) is 3.33. The molecule has 2 heterocycles. The minimum atomic E-state index is 0.627. The summed E-state index contributed by atoms with van der Waals surface area (Å²) in [6, 6.07) is 16.5. The normalized spacial score (nSPS) is 11.4. The molecule has 0 N–H and O–H groups in total. The fourth-order valence-electron chi connectivity index (χ4n) is 2.67. The predicted octanol–water partition coefficient (Wildman–Crippen LogP) is 3.20. The van der Waals surface area contributed by atoms with Gasteiger partial charge >= 0.3 is 0 Å². The average molecular weight is 262 g/mol. The molecule has 4 heteroatoms. The molecule has 0 unspecified atom stereocenters. The van der Waals surface area contributed by atoms with Crippen LogP contribution in [0.2, 0.25) is 0 Å². The second-order valence-corrected chi connectivity index (χ2v) is 4.95. The Bertz CT molecular complexity index is 901. The Balaban J connectivity index is 1.85. The Morgan fingerprint density at radius 1 is 0.900 bits per heavy atom. The number of para-hydroxylation sites is 2. The van der Waals surface area contributed by atoms with Gasteiger partial charge in [-0.2, -0.15) is 10.2 Å². The molecule has 98 valence electrons. The van der Waals surface area contributed by atoms with Crippen LogP contribution < -0.4 is 0 Å². The molecule has 20 heavy (non-hydrogen) atoms. The number of hydrogen-bond donors (Lipinski definition) is 0. The van der Waals surface area contributed by atoms with Gasteiger partial charge in [0.2, 0.25) is 0 Å². The highest BCUT2D eigenvalue weighted by atomic mass is 15.4. The van der Waals surface area contributed by atoms with Crippen LogP contribution in [0.1, 0.15) is 5.69 Å². The van der Waals surface area contributed by atoms with Crippen molar-refractivity contribution in [2.75, 3.05) is 0 Å². The third kappa shape index (κ3) is 1.61. The van der Waals surface area contributed by atoms with E-state index in [1.165, 1.54) is 5.39 Å². The molecule has 0 bridgehead atoms. The molecular weight excluding hydrogens is 248 g/mol. The van der Waals surface area contributed by atoms with Gasteiger partial charge in [-0.1, -0.05) is 36.4 Å². The van der Waals surface area contributed by atoms with E-state index in [1.54, 1.807) is 0 Å². The molecule has 0 fully saturated rings. The first kappa shape index (κ1) is 11.2. The van der Waals surface area contributed by atoms with Crippen molar-refractivity contribution in [2.24, 2.45) is 0 Å². The smallest absolute Gasteiger partial charge is 0.134 e. The van der Waals surface area contributed by atoms with Gasteiger partial charge in [-0.15, -0.1) is 0 Å². The van der Waals surface area contributed by atoms with Gasteiger partial charge in [-0.05, 0) is 19.1 Å². The molecule has 2 aromatic carbocycles. The van der Waals surface area contributed by atoms with Gasteiger partial charge < -0.3 is 0 Å². The van der Waals surface area contributed by atoms with Gasteiger partial charge in [0, 0.05) is 10.8 Å². The first-order valence-electron chi connectivity index (χ1n) is 6.65. The van der Waals surface area contributed by atoms with Crippen molar-refractivity contribution in [1.82, 2.24) is 19.6 Å². The number of aryl methyl sites for hydroxylation is 1. The fourth-order valence-corrected chi connectivity index (χ4v) is 2.67. The largest absolute Gasteiger partial charge is 0.243 e. The summed E-state index contributed by atoms with van der Waals surface area (Å²) >= 11 is 0. The van der Waals surface area contributed by atoms with Gasteiger partial charge in [-0.3, -0.25) is 0 Å². The van der Waals surface area contributed by atoms with Crippen LogP contribution in [0.4, 0.5) is 0 Å². The van der Waals surface area contributed by atoms with Crippen LogP contribution in [0, 0.1) is 6.92 Å². The zero-order chi connectivity index (χ0) is 13.5. The van der Waals surface area contributed by atoms with Crippen LogP contribution in [0.25, 0.3) is 21.8 Å². The molecule has 0 saturated heterocycles. The maximum absolute atomic E-state index is 4.63. The summed E-state index contributed by atoms with van der Waals surface area (Å²) in [6.07, 6.45) is 1.90. The molecule has 2 aromatic heterocycles. The van der Waals surface area contributed by atoms with Crippen molar-refractivity contribution in [1.29, 1.82) is 0 Å². The van der Waals surface area contributed by atoms with E-state index in [-0.39, 0.29) is 0 Å². The minimum Gasteiger partial charge on any atom is -0.243 e. The van der Waals surface area contributed by atoms with Crippen molar-refractivity contribution in [2.45, 2.75) is 13.6 Å². The highest BCUT2D eigenvalue weighted by Gasteiger charge is 2.08. The topological polar surface area (TPSA) is 35.6 Å². The van der Waals surface area contributed by atoms with Gasteiger partial charge in [-0.25, -0.2) is 9.36 Å². The van der Waals surface area contributed by atoms with E-state index in [0.717, 1.165) is 22.1 Å². The van der Waals surface area contributed by atoms with Crippen molar-refractivity contribution >= 4 is 21.8 Å². The summed E-state index contributed by atoms with van der Waals surface area (Å²) in [4.78, 5) is 0. The maximum atomic E-state index is 4.63. The quantitative estimate of drug-likeness (QED) is 0.556. The van der Waals surface area contributed by atoms with E-state index in [9.17, 15) is 0 Å². The lowest BCUT2D eigenvalue weighted by Crippen LogP contribution is -2.10. The highest BCUT2D eigenvalue weighted by molar-refractivity contribution is 5.82. The molecular formula is C16H14N4. The Labute approximate surface area is 116 Å². The zero-order valence-corrected chi connectivity index (χ0v) is 11.2. The van der Waals surface area contributed by atoms with Crippen molar-refractivity contribution in [3.05, 3.63) is 60.4 Å². The second kappa shape index (κ2) is 4.20. The van der Waals surface area contributed by atoms with Gasteiger partial charge in [0.05, 0.1) is 22.9 Å². The number of nitrogens with zero attached hydrogens (tertiary/aromatic N) is 4. The molecule has 0 aliphatic rings.